The molecule has 1 aliphatic heterocycles. The van der Waals surface area contributed by atoms with Crippen LogP contribution in [0, 0.1) is 0 Å². The van der Waals surface area contributed by atoms with Crippen LogP contribution in [0.25, 0.3) is 0 Å². The number of ether oxygens (including phenoxy) is 6. The number of phenols is 1. The third kappa shape index (κ3) is 7.54. The summed E-state index contributed by atoms with van der Waals surface area (Å²) in [4.78, 5) is 0. The molecule has 0 aromatic heterocycles. The normalized spacial score (nSPS) is 15.3. The molecule has 5 aromatic carbocycles. The molecule has 0 fully saturated rings. The Bertz CT molecular complexity index is 1650. The first-order valence-electron chi connectivity index (χ1n) is 15.1. The molecule has 2 atom stereocenters. The largest absolute Gasteiger partial charge is 0.507 e. The van der Waals surface area contributed by atoms with E-state index in [1.54, 1.807) is 6.07 Å². The van der Waals surface area contributed by atoms with Gasteiger partial charge in [0.05, 0.1) is 6.10 Å². The summed E-state index contributed by atoms with van der Waals surface area (Å²) in [5, 5.41) is 22.0. The fourth-order valence-corrected chi connectivity index (χ4v) is 5.27. The van der Waals surface area contributed by atoms with E-state index in [0.29, 0.717) is 46.5 Å². The molecule has 0 spiro atoms. The van der Waals surface area contributed by atoms with Crippen LogP contribution in [0.5, 0.6) is 34.5 Å². The molecular formula is C38H36O8. The van der Waals surface area contributed by atoms with Gasteiger partial charge < -0.3 is 38.6 Å². The van der Waals surface area contributed by atoms with Crippen molar-refractivity contribution < 1.29 is 38.6 Å². The number of aliphatic hydroxyl groups is 1. The lowest BCUT2D eigenvalue weighted by Gasteiger charge is -2.32. The summed E-state index contributed by atoms with van der Waals surface area (Å²) in [6, 6.07) is 36.4. The molecule has 8 heteroatoms. The Kier molecular flexibility index (Phi) is 9.87. The van der Waals surface area contributed by atoms with Gasteiger partial charge >= 0.3 is 0 Å². The van der Waals surface area contributed by atoms with Crippen LogP contribution in [-0.4, -0.2) is 30.2 Å². The van der Waals surface area contributed by atoms with E-state index in [4.69, 9.17) is 28.4 Å². The second-order valence-electron chi connectivity index (χ2n) is 10.9. The van der Waals surface area contributed by atoms with E-state index < -0.39 is 12.2 Å². The van der Waals surface area contributed by atoms with Gasteiger partial charge in [0.15, 0.2) is 24.4 Å². The zero-order valence-electron chi connectivity index (χ0n) is 25.5. The van der Waals surface area contributed by atoms with Crippen LogP contribution in [0.1, 0.15) is 33.9 Å². The van der Waals surface area contributed by atoms with Crippen molar-refractivity contribution in [2.24, 2.45) is 0 Å². The second kappa shape index (κ2) is 14.7. The summed E-state index contributed by atoms with van der Waals surface area (Å²) in [5.41, 5.74) is 4.08. The minimum absolute atomic E-state index is 0.0128. The molecular weight excluding hydrogens is 584 g/mol. The lowest BCUT2D eigenvalue weighted by Crippen LogP contribution is -2.30. The van der Waals surface area contributed by atoms with Gasteiger partial charge in [-0.2, -0.15) is 0 Å². The van der Waals surface area contributed by atoms with E-state index in [-0.39, 0.29) is 32.2 Å². The molecule has 1 heterocycles. The summed E-state index contributed by atoms with van der Waals surface area (Å²) >= 11 is 0. The van der Waals surface area contributed by atoms with Gasteiger partial charge in [0, 0.05) is 36.8 Å². The number of aromatic hydroxyl groups is 1. The molecule has 2 unspecified atom stereocenters. The number of fused-ring (bicyclic) bond motifs is 1. The van der Waals surface area contributed by atoms with Crippen molar-refractivity contribution in [1.82, 2.24) is 0 Å². The Balaban J connectivity index is 1.38. The summed E-state index contributed by atoms with van der Waals surface area (Å²) in [6.07, 6.45) is -1.60. The zero-order chi connectivity index (χ0) is 31.7. The van der Waals surface area contributed by atoms with Crippen LogP contribution in [-0.2, 0) is 31.0 Å². The van der Waals surface area contributed by atoms with E-state index >= 15 is 0 Å². The van der Waals surface area contributed by atoms with Gasteiger partial charge in [0.2, 0.25) is 5.75 Å². The first kappa shape index (κ1) is 30.8. The highest BCUT2D eigenvalue weighted by atomic mass is 16.7. The number of rotatable bonds is 13. The SMILES string of the molecule is COCOc1cc(O)c2c(c1)OC(c1cc(OCc3ccccc3)c(OCc3ccccc3)c(OCc3ccccc3)c1)C(O)C2. The van der Waals surface area contributed by atoms with Crippen LogP contribution in [0.3, 0.4) is 0 Å². The molecule has 46 heavy (non-hydrogen) atoms. The summed E-state index contributed by atoms with van der Waals surface area (Å²) in [7, 11) is 1.52. The fraction of sp³-hybridized carbons (Fsp3) is 0.211. The van der Waals surface area contributed by atoms with Crippen molar-refractivity contribution in [2.45, 2.75) is 38.4 Å². The second-order valence-corrected chi connectivity index (χ2v) is 10.9. The molecule has 236 valence electrons. The summed E-state index contributed by atoms with van der Waals surface area (Å²) < 4.78 is 36.1. The van der Waals surface area contributed by atoms with Crippen LogP contribution in [0.15, 0.2) is 115 Å². The lowest BCUT2D eigenvalue weighted by molar-refractivity contribution is 0.0184. The van der Waals surface area contributed by atoms with Gasteiger partial charge in [-0.15, -0.1) is 0 Å². The van der Waals surface area contributed by atoms with Gasteiger partial charge in [-0.3, -0.25) is 0 Å². The van der Waals surface area contributed by atoms with E-state index in [1.165, 1.54) is 13.2 Å². The monoisotopic (exact) mass is 620 g/mol. The van der Waals surface area contributed by atoms with Gasteiger partial charge in [-0.1, -0.05) is 91.0 Å². The number of aliphatic hydroxyl groups excluding tert-OH is 1. The first-order chi connectivity index (χ1) is 22.6. The Morgan fingerprint density at radius 3 is 1.72 bits per heavy atom. The molecule has 1 aliphatic rings. The quantitative estimate of drug-likeness (QED) is 0.134. The molecule has 2 N–H and O–H groups in total. The highest BCUT2D eigenvalue weighted by Gasteiger charge is 2.34. The Hall–Kier alpha value is -5.18. The highest BCUT2D eigenvalue weighted by molar-refractivity contribution is 5.56. The van der Waals surface area contributed by atoms with E-state index in [0.717, 1.165) is 16.7 Å². The zero-order valence-corrected chi connectivity index (χ0v) is 25.5. The highest BCUT2D eigenvalue weighted by Crippen LogP contribution is 2.46. The molecule has 6 rings (SSSR count). The number of methoxy groups -OCH3 is 1. The predicted molar refractivity (Wildman–Crippen MR) is 172 cm³/mol. The van der Waals surface area contributed by atoms with Gasteiger partial charge in [0.1, 0.15) is 37.1 Å². The Labute approximate surface area is 268 Å². The molecule has 0 amide bonds. The minimum Gasteiger partial charge on any atom is -0.507 e. The third-order valence-corrected chi connectivity index (χ3v) is 7.59. The van der Waals surface area contributed by atoms with Gasteiger partial charge in [-0.05, 0) is 28.8 Å². The van der Waals surface area contributed by atoms with E-state index in [1.807, 2.05) is 103 Å². The third-order valence-electron chi connectivity index (χ3n) is 7.59. The van der Waals surface area contributed by atoms with E-state index in [2.05, 4.69) is 0 Å². The standard InChI is InChI=1S/C38H36O8/c1-41-25-45-30-19-32(39)31-21-33(40)37(46-34(31)20-30)29-17-35(42-22-26-11-5-2-6-12-26)38(44-24-28-15-9-4-10-16-28)36(18-29)43-23-27-13-7-3-8-14-27/h2-20,33,37,39-40H,21-25H2,1H3. The van der Waals surface area contributed by atoms with Gasteiger partial charge in [0.25, 0.3) is 0 Å². The average molecular weight is 621 g/mol. The maximum Gasteiger partial charge on any atom is 0.203 e. The van der Waals surface area contributed by atoms with Crippen LogP contribution < -0.4 is 23.7 Å². The smallest absolute Gasteiger partial charge is 0.203 e. The lowest BCUT2D eigenvalue weighted by atomic mass is 9.93. The number of benzene rings is 5. The van der Waals surface area contributed by atoms with Crippen molar-refractivity contribution in [3.63, 3.8) is 0 Å². The topological polar surface area (TPSA) is 95.8 Å². The van der Waals surface area contributed by atoms with Crippen LogP contribution in [0.4, 0.5) is 0 Å². The van der Waals surface area contributed by atoms with Gasteiger partial charge in [-0.25, -0.2) is 0 Å². The predicted octanol–water partition coefficient (Wildman–Crippen LogP) is 7.15. The maximum absolute atomic E-state index is 11.3. The first-order valence-corrected chi connectivity index (χ1v) is 15.1. The Morgan fingerprint density at radius 1 is 0.674 bits per heavy atom. The van der Waals surface area contributed by atoms with E-state index in [9.17, 15) is 10.2 Å². The Morgan fingerprint density at radius 2 is 1.20 bits per heavy atom. The molecule has 0 radical (unpaired) electrons. The minimum atomic E-state index is -0.968. The van der Waals surface area contributed by atoms with Crippen molar-refractivity contribution in [2.75, 3.05) is 13.9 Å². The molecule has 0 aliphatic carbocycles. The average Bonchev–Trinajstić information content (AvgIpc) is 3.09. The molecule has 8 nitrogen and oxygen atoms in total. The molecule has 5 aromatic rings. The molecule has 0 saturated carbocycles. The van der Waals surface area contributed by atoms with Crippen LogP contribution in [0.2, 0.25) is 0 Å². The van der Waals surface area contributed by atoms with Crippen LogP contribution >= 0.6 is 0 Å². The number of hydrogen-bond donors (Lipinski definition) is 2. The summed E-state index contributed by atoms with van der Waals surface area (Å²) in [5.74, 6) is 2.10. The number of phenolic OH excluding ortho intramolecular Hbond substituents is 1. The molecule has 0 saturated heterocycles. The fourth-order valence-electron chi connectivity index (χ4n) is 5.27. The number of hydrogen-bond acceptors (Lipinski definition) is 8. The van der Waals surface area contributed by atoms with Crippen molar-refractivity contribution in [1.29, 1.82) is 0 Å². The van der Waals surface area contributed by atoms with Crippen molar-refractivity contribution in [3.8, 4) is 34.5 Å². The van der Waals surface area contributed by atoms with Crippen molar-refractivity contribution >= 4 is 0 Å². The van der Waals surface area contributed by atoms with Crippen molar-refractivity contribution in [3.05, 3.63) is 143 Å². The molecule has 0 bridgehead atoms. The summed E-state index contributed by atoms with van der Waals surface area (Å²) in [6.45, 7) is 0.881. The maximum atomic E-state index is 11.3.